The first kappa shape index (κ1) is 15.2. The van der Waals surface area contributed by atoms with Crippen LogP contribution in [-0.4, -0.2) is 22.1 Å². The lowest BCUT2D eigenvalue weighted by Gasteiger charge is -2.18. The fourth-order valence-corrected chi connectivity index (χ4v) is 2.40. The lowest BCUT2D eigenvalue weighted by molar-refractivity contribution is 0.450. The minimum Gasteiger partial charge on any atom is -0.335 e. The van der Waals surface area contributed by atoms with Gasteiger partial charge in [0.15, 0.2) is 0 Å². The molecule has 0 saturated heterocycles. The molecule has 1 heterocycles. The van der Waals surface area contributed by atoms with Crippen molar-refractivity contribution < 1.29 is 0 Å². The van der Waals surface area contributed by atoms with E-state index in [-0.39, 0.29) is 0 Å². The zero-order chi connectivity index (χ0) is 13.2. The molecule has 18 heavy (non-hydrogen) atoms. The summed E-state index contributed by atoms with van der Waals surface area (Å²) in [6, 6.07) is 0.583. The summed E-state index contributed by atoms with van der Waals surface area (Å²) in [5.41, 5.74) is 0. The summed E-state index contributed by atoms with van der Waals surface area (Å²) >= 11 is 0. The lowest BCUT2D eigenvalue weighted by Crippen LogP contribution is -2.32. The van der Waals surface area contributed by atoms with Crippen molar-refractivity contribution in [3.8, 4) is 0 Å². The minimum atomic E-state index is 0.583. The maximum atomic E-state index is 4.51. The van der Waals surface area contributed by atoms with Gasteiger partial charge in [-0.1, -0.05) is 40.0 Å². The van der Waals surface area contributed by atoms with Crippen molar-refractivity contribution >= 4 is 0 Å². The number of imidazole rings is 1. The van der Waals surface area contributed by atoms with Crippen LogP contribution in [0.1, 0.15) is 58.7 Å². The van der Waals surface area contributed by atoms with E-state index in [9.17, 15) is 0 Å². The molecule has 0 bridgehead atoms. The Morgan fingerprint density at radius 1 is 1.22 bits per heavy atom. The van der Waals surface area contributed by atoms with Crippen LogP contribution in [-0.2, 0) is 13.0 Å². The highest BCUT2D eigenvalue weighted by atomic mass is 15.1. The number of nitrogens with one attached hydrogen (secondary N) is 1. The summed E-state index contributed by atoms with van der Waals surface area (Å²) in [4.78, 5) is 4.51. The summed E-state index contributed by atoms with van der Waals surface area (Å²) in [6.45, 7) is 8.79. The third kappa shape index (κ3) is 5.21. The van der Waals surface area contributed by atoms with Gasteiger partial charge in [0.1, 0.15) is 5.82 Å². The number of aromatic nitrogens is 2. The quantitative estimate of drug-likeness (QED) is 0.646. The van der Waals surface area contributed by atoms with Crippen LogP contribution >= 0.6 is 0 Å². The van der Waals surface area contributed by atoms with Crippen molar-refractivity contribution in [2.45, 2.75) is 71.9 Å². The monoisotopic (exact) mass is 251 g/mol. The van der Waals surface area contributed by atoms with E-state index < -0.39 is 0 Å². The van der Waals surface area contributed by atoms with Crippen LogP contribution in [0.4, 0.5) is 0 Å². The van der Waals surface area contributed by atoms with Gasteiger partial charge in [0.2, 0.25) is 0 Å². The molecule has 0 fully saturated rings. The summed E-state index contributed by atoms with van der Waals surface area (Å²) in [7, 11) is 0. The minimum absolute atomic E-state index is 0.583. The number of unbranched alkanes of at least 4 members (excludes halogenated alkanes) is 2. The Hall–Kier alpha value is -0.830. The summed E-state index contributed by atoms with van der Waals surface area (Å²) in [6.07, 6.45) is 11.5. The van der Waals surface area contributed by atoms with Crippen LogP contribution in [0, 0.1) is 0 Å². The standard InChI is InChI=1S/C15H29N3/c1-4-7-8-9-14(16-6-3)13-15-17-10-12-18(15)11-5-2/h10,12,14,16H,4-9,11,13H2,1-3H3. The molecule has 0 aliphatic carbocycles. The molecule has 1 aromatic rings. The van der Waals surface area contributed by atoms with E-state index in [1.807, 2.05) is 6.20 Å². The van der Waals surface area contributed by atoms with E-state index in [0.29, 0.717) is 6.04 Å². The van der Waals surface area contributed by atoms with Gasteiger partial charge in [0.05, 0.1) is 0 Å². The van der Waals surface area contributed by atoms with Crippen LogP contribution in [0.25, 0.3) is 0 Å². The predicted octanol–water partition coefficient (Wildman–Crippen LogP) is 3.39. The Morgan fingerprint density at radius 3 is 2.72 bits per heavy atom. The van der Waals surface area contributed by atoms with E-state index in [2.05, 4.69) is 41.8 Å². The molecule has 0 aliphatic heterocycles. The predicted molar refractivity (Wildman–Crippen MR) is 77.8 cm³/mol. The molecule has 1 N–H and O–H groups in total. The smallest absolute Gasteiger partial charge is 0.110 e. The molecule has 0 aromatic carbocycles. The van der Waals surface area contributed by atoms with Gasteiger partial charge < -0.3 is 9.88 Å². The molecule has 0 amide bonds. The Labute approximate surface area is 112 Å². The summed E-state index contributed by atoms with van der Waals surface area (Å²) in [5.74, 6) is 1.24. The second-order valence-corrected chi connectivity index (χ2v) is 4.99. The number of rotatable bonds is 10. The molecule has 0 saturated carbocycles. The van der Waals surface area contributed by atoms with Gasteiger partial charge in [-0.05, 0) is 19.4 Å². The first-order chi connectivity index (χ1) is 8.81. The van der Waals surface area contributed by atoms with Crippen LogP contribution in [0.3, 0.4) is 0 Å². The van der Waals surface area contributed by atoms with Crippen molar-refractivity contribution in [2.75, 3.05) is 6.54 Å². The van der Waals surface area contributed by atoms with Gasteiger partial charge in [-0.25, -0.2) is 4.98 Å². The highest BCUT2D eigenvalue weighted by Crippen LogP contribution is 2.09. The fourth-order valence-electron chi connectivity index (χ4n) is 2.40. The van der Waals surface area contributed by atoms with Crippen molar-refractivity contribution in [3.05, 3.63) is 18.2 Å². The zero-order valence-electron chi connectivity index (χ0n) is 12.3. The molecule has 0 spiro atoms. The third-order valence-corrected chi connectivity index (χ3v) is 3.34. The van der Waals surface area contributed by atoms with Gasteiger partial charge >= 0.3 is 0 Å². The van der Waals surface area contributed by atoms with E-state index in [4.69, 9.17) is 0 Å². The maximum absolute atomic E-state index is 4.51. The molecule has 104 valence electrons. The molecule has 1 unspecified atom stereocenters. The normalized spacial score (nSPS) is 12.8. The molecule has 3 heteroatoms. The highest BCUT2D eigenvalue weighted by Gasteiger charge is 2.11. The van der Waals surface area contributed by atoms with Crippen LogP contribution in [0.2, 0.25) is 0 Å². The molecule has 1 rings (SSSR count). The largest absolute Gasteiger partial charge is 0.335 e. The molecular formula is C15H29N3. The zero-order valence-corrected chi connectivity index (χ0v) is 12.3. The number of nitrogens with zero attached hydrogens (tertiary/aromatic N) is 2. The summed E-state index contributed by atoms with van der Waals surface area (Å²) in [5, 5.41) is 3.60. The molecular weight excluding hydrogens is 222 g/mol. The van der Waals surface area contributed by atoms with Crippen LogP contribution < -0.4 is 5.32 Å². The first-order valence-corrected chi connectivity index (χ1v) is 7.55. The van der Waals surface area contributed by atoms with Crippen molar-refractivity contribution in [3.63, 3.8) is 0 Å². The average molecular weight is 251 g/mol. The van der Waals surface area contributed by atoms with Gasteiger partial charge in [-0.2, -0.15) is 0 Å². The molecule has 1 atom stereocenters. The van der Waals surface area contributed by atoms with Gasteiger partial charge in [0.25, 0.3) is 0 Å². The molecule has 0 radical (unpaired) electrons. The van der Waals surface area contributed by atoms with Crippen LogP contribution in [0.15, 0.2) is 12.4 Å². The van der Waals surface area contributed by atoms with Gasteiger partial charge in [-0.3, -0.25) is 0 Å². The Bertz CT molecular complexity index is 306. The maximum Gasteiger partial charge on any atom is 0.110 e. The second kappa shape index (κ2) is 9.15. The molecule has 3 nitrogen and oxygen atoms in total. The number of likely N-dealkylation sites (N-methyl/N-ethyl adjacent to an activating group) is 1. The Morgan fingerprint density at radius 2 is 2.06 bits per heavy atom. The number of hydrogen-bond donors (Lipinski definition) is 1. The van der Waals surface area contributed by atoms with Crippen molar-refractivity contribution in [1.82, 2.24) is 14.9 Å². The molecule has 0 aliphatic rings. The number of hydrogen-bond acceptors (Lipinski definition) is 2. The SMILES string of the molecule is CCCCCC(Cc1nccn1CCC)NCC. The highest BCUT2D eigenvalue weighted by molar-refractivity contribution is 4.95. The molecule has 1 aromatic heterocycles. The number of aryl methyl sites for hydroxylation is 1. The Balaban J connectivity index is 2.50. The van der Waals surface area contributed by atoms with Crippen molar-refractivity contribution in [2.24, 2.45) is 0 Å². The Kier molecular flexibility index (Phi) is 7.74. The third-order valence-electron chi connectivity index (χ3n) is 3.34. The van der Waals surface area contributed by atoms with Gasteiger partial charge in [-0.15, -0.1) is 0 Å². The van der Waals surface area contributed by atoms with Gasteiger partial charge in [0, 0.05) is 31.4 Å². The summed E-state index contributed by atoms with van der Waals surface area (Å²) < 4.78 is 2.30. The first-order valence-electron chi connectivity index (χ1n) is 7.55. The van der Waals surface area contributed by atoms with Crippen molar-refractivity contribution in [1.29, 1.82) is 0 Å². The fraction of sp³-hybridized carbons (Fsp3) is 0.800. The van der Waals surface area contributed by atoms with E-state index in [1.165, 1.54) is 37.9 Å². The van der Waals surface area contributed by atoms with E-state index in [1.54, 1.807) is 0 Å². The van der Waals surface area contributed by atoms with Crippen LogP contribution in [0.5, 0.6) is 0 Å². The van der Waals surface area contributed by atoms with E-state index in [0.717, 1.165) is 19.5 Å². The average Bonchev–Trinajstić information content (AvgIpc) is 2.78. The topological polar surface area (TPSA) is 29.9 Å². The van der Waals surface area contributed by atoms with E-state index >= 15 is 0 Å². The lowest BCUT2D eigenvalue weighted by atomic mass is 10.0. The second-order valence-electron chi connectivity index (χ2n) is 4.99.